The highest BCUT2D eigenvalue weighted by Crippen LogP contribution is 2.16. The Labute approximate surface area is 113 Å². The fourth-order valence-corrected chi connectivity index (χ4v) is 2.33. The number of hydrogen-bond donors (Lipinski definition) is 1. The van der Waals surface area contributed by atoms with Crippen LogP contribution in [0.15, 0.2) is 12.3 Å². The second-order valence-electron chi connectivity index (χ2n) is 4.94. The number of hydrogen-bond acceptors (Lipinski definition) is 4. The van der Waals surface area contributed by atoms with Gasteiger partial charge in [0, 0.05) is 32.9 Å². The molecule has 0 aliphatic carbocycles. The quantitative estimate of drug-likeness (QED) is 0.828. The van der Waals surface area contributed by atoms with E-state index in [1.165, 1.54) is 5.69 Å². The normalized spacial score (nSPS) is 17.7. The minimum absolute atomic E-state index is 0.0925. The molecule has 0 spiro atoms. The maximum Gasteiger partial charge on any atom is 0.305 e. The van der Waals surface area contributed by atoms with Gasteiger partial charge in [-0.1, -0.05) is 0 Å². The van der Waals surface area contributed by atoms with Crippen molar-refractivity contribution in [3.8, 4) is 0 Å². The van der Waals surface area contributed by atoms with Crippen LogP contribution >= 0.6 is 0 Å². The van der Waals surface area contributed by atoms with Crippen LogP contribution in [0.4, 0.5) is 0 Å². The molecule has 1 aliphatic rings. The highest BCUT2D eigenvalue weighted by atomic mass is 16.5. The van der Waals surface area contributed by atoms with Crippen LogP contribution in [0.2, 0.25) is 0 Å². The first kappa shape index (κ1) is 14.0. The smallest absolute Gasteiger partial charge is 0.305 e. The van der Waals surface area contributed by atoms with E-state index < -0.39 is 5.97 Å². The van der Waals surface area contributed by atoms with Gasteiger partial charge in [0.2, 0.25) is 0 Å². The van der Waals surface area contributed by atoms with Crippen LogP contribution in [0.3, 0.4) is 0 Å². The highest BCUT2D eigenvalue weighted by Gasteiger charge is 2.20. The molecule has 0 radical (unpaired) electrons. The van der Waals surface area contributed by atoms with Crippen molar-refractivity contribution in [3.63, 3.8) is 0 Å². The lowest BCUT2D eigenvalue weighted by Gasteiger charge is -2.31. The summed E-state index contributed by atoms with van der Waals surface area (Å²) < 4.78 is 7.47. The number of carboxylic acids is 1. The van der Waals surface area contributed by atoms with Gasteiger partial charge >= 0.3 is 5.97 Å². The minimum atomic E-state index is -0.798. The van der Waals surface area contributed by atoms with Crippen molar-refractivity contribution in [2.45, 2.75) is 31.9 Å². The van der Waals surface area contributed by atoms with Crippen molar-refractivity contribution in [3.05, 3.63) is 18.0 Å². The van der Waals surface area contributed by atoms with E-state index in [-0.39, 0.29) is 12.5 Å². The third-order valence-corrected chi connectivity index (χ3v) is 3.51. The van der Waals surface area contributed by atoms with E-state index in [4.69, 9.17) is 9.84 Å². The summed E-state index contributed by atoms with van der Waals surface area (Å²) in [5, 5.41) is 12.7. The maximum atomic E-state index is 10.4. The zero-order valence-electron chi connectivity index (χ0n) is 11.3. The Morgan fingerprint density at radius 3 is 2.84 bits per heavy atom. The fourth-order valence-electron chi connectivity index (χ4n) is 2.33. The number of aryl methyl sites for hydroxylation is 1. The summed E-state index contributed by atoms with van der Waals surface area (Å²) in [5.74, 6) is -0.798. The molecule has 0 bridgehead atoms. The largest absolute Gasteiger partial charge is 0.481 e. The summed E-state index contributed by atoms with van der Waals surface area (Å²) in [4.78, 5) is 12.8. The third-order valence-electron chi connectivity index (χ3n) is 3.51. The molecular formula is C13H21N3O3. The van der Waals surface area contributed by atoms with Gasteiger partial charge in [0.15, 0.2) is 0 Å². The predicted octanol–water partition coefficient (Wildman–Crippen LogP) is 0.876. The molecule has 106 valence electrons. The van der Waals surface area contributed by atoms with Crippen LogP contribution in [0, 0.1) is 0 Å². The first-order valence-electron chi connectivity index (χ1n) is 6.68. The second kappa shape index (κ2) is 6.68. The summed E-state index contributed by atoms with van der Waals surface area (Å²) in [6, 6.07) is 2.04. The zero-order valence-corrected chi connectivity index (χ0v) is 11.3. The van der Waals surface area contributed by atoms with E-state index in [1.54, 1.807) is 0 Å². The van der Waals surface area contributed by atoms with Crippen molar-refractivity contribution in [1.29, 1.82) is 0 Å². The molecule has 6 heteroatoms. The molecule has 0 saturated carbocycles. The second-order valence-corrected chi connectivity index (χ2v) is 4.94. The lowest BCUT2D eigenvalue weighted by Crippen LogP contribution is -2.37. The van der Waals surface area contributed by atoms with Gasteiger partial charge in [-0.2, -0.15) is 5.10 Å². The van der Waals surface area contributed by atoms with Crippen LogP contribution < -0.4 is 0 Å². The number of rotatable bonds is 6. The van der Waals surface area contributed by atoms with Crippen molar-refractivity contribution >= 4 is 5.97 Å². The van der Waals surface area contributed by atoms with Crippen LogP contribution in [0.5, 0.6) is 0 Å². The molecule has 2 heterocycles. The van der Waals surface area contributed by atoms with Crippen LogP contribution in [0.1, 0.15) is 25.0 Å². The Morgan fingerprint density at radius 2 is 2.26 bits per heavy atom. The molecule has 0 amide bonds. The Balaban J connectivity index is 1.68. The first-order chi connectivity index (χ1) is 9.15. The average Bonchev–Trinajstić information content (AvgIpc) is 2.77. The van der Waals surface area contributed by atoms with Crippen molar-refractivity contribution in [2.75, 3.05) is 19.7 Å². The Hall–Kier alpha value is -1.40. The molecular weight excluding hydrogens is 246 g/mol. The van der Waals surface area contributed by atoms with Gasteiger partial charge in [0.1, 0.15) is 0 Å². The van der Waals surface area contributed by atoms with E-state index >= 15 is 0 Å². The minimum Gasteiger partial charge on any atom is -0.481 e. The van der Waals surface area contributed by atoms with Crippen LogP contribution in [-0.2, 0) is 23.1 Å². The fraction of sp³-hybridized carbons (Fsp3) is 0.692. The maximum absolute atomic E-state index is 10.4. The summed E-state index contributed by atoms with van der Waals surface area (Å²) in [7, 11) is 1.96. The predicted molar refractivity (Wildman–Crippen MR) is 69.7 cm³/mol. The summed E-state index contributed by atoms with van der Waals surface area (Å²) >= 11 is 0. The molecule has 1 N–H and O–H groups in total. The molecule has 6 nitrogen and oxygen atoms in total. The topological polar surface area (TPSA) is 67.6 Å². The standard InChI is InChI=1S/C13H21N3O3/c1-15-11(2-6-14-15)10-16-7-3-12(4-8-16)19-9-5-13(17)18/h2,6,12H,3-5,7-10H2,1H3,(H,17,18). The number of aromatic nitrogens is 2. The number of aliphatic carboxylic acids is 1. The van der Waals surface area contributed by atoms with Crippen molar-refractivity contribution in [2.24, 2.45) is 7.05 Å². The molecule has 1 aromatic rings. The number of ether oxygens (including phenoxy) is 1. The van der Waals surface area contributed by atoms with Gasteiger partial charge < -0.3 is 9.84 Å². The van der Waals surface area contributed by atoms with Gasteiger partial charge in [0.25, 0.3) is 0 Å². The van der Waals surface area contributed by atoms with Gasteiger partial charge in [-0.15, -0.1) is 0 Å². The van der Waals surface area contributed by atoms with Gasteiger partial charge in [-0.3, -0.25) is 14.4 Å². The van der Waals surface area contributed by atoms with E-state index in [9.17, 15) is 4.79 Å². The summed E-state index contributed by atoms with van der Waals surface area (Å²) in [6.45, 7) is 3.21. The molecule has 0 unspecified atom stereocenters. The zero-order chi connectivity index (χ0) is 13.7. The van der Waals surface area contributed by atoms with E-state index in [2.05, 4.69) is 10.00 Å². The number of nitrogens with zero attached hydrogens (tertiary/aromatic N) is 3. The van der Waals surface area contributed by atoms with Crippen LogP contribution in [-0.4, -0.2) is 51.6 Å². The number of carboxylic acid groups (broad SMARTS) is 1. The molecule has 0 aromatic carbocycles. The molecule has 1 aliphatic heterocycles. The number of carbonyl (C=O) groups is 1. The molecule has 1 saturated heterocycles. The Morgan fingerprint density at radius 1 is 1.53 bits per heavy atom. The van der Waals surface area contributed by atoms with Gasteiger partial charge in [0.05, 0.1) is 24.8 Å². The lowest BCUT2D eigenvalue weighted by atomic mass is 10.1. The molecule has 19 heavy (non-hydrogen) atoms. The van der Waals surface area contributed by atoms with Gasteiger partial charge in [-0.25, -0.2) is 0 Å². The molecule has 2 rings (SSSR count). The first-order valence-corrected chi connectivity index (χ1v) is 6.68. The van der Waals surface area contributed by atoms with Gasteiger partial charge in [-0.05, 0) is 18.9 Å². The number of piperidine rings is 1. The highest BCUT2D eigenvalue weighted by molar-refractivity contribution is 5.66. The lowest BCUT2D eigenvalue weighted by molar-refractivity contribution is -0.138. The SMILES string of the molecule is Cn1nccc1CN1CCC(OCCC(=O)O)CC1. The molecule has 0 atom stereocenters. The molecule has 1 fully saturated rings. The Bertz CT molecular complexity index is 411. The van der Waals surface area contributed by atoms with E-state index in [0.717, 1.165) is 32.5 Å². The van der Waals surface area contributed by atoms with E-state index in [0.29, 0.717) is 6.61 Å². The Kier molecular flexibility index (Phi) is 4.93. The van der Waals surface area contributed by atoms with Crippen molar-refractivity contribution in [1.82, 2.24) is 14.7 Å². The summed E-state index contributed by atoms with van der Waals surface area (Å²) in [6.07, 6.45) is 4.06. The average molecular weight is 267 g/mol. The monoisotopic (exact) mass is 267 g/mol. The summed E-state index contributed by atoms with van der Waals surface area (Å²) in [5.41, 5.74) is 1.21. The third kappa shape index (κ3) is 4.33. The van der Waals surface area contributed by atoms with Crippen LogP contribution in [0.25, 0.3) is 0 Å². The molecule has 1 aromatic heterocycles. The van der Waals surface area contributed by atoms with Crippen molar-refractivity contribution < 1.29 is 14.6 Å². The number of likely N-dealkylation sites (tertiary alicyclic amines) is 1. The van der Waals surface area contributed by atoms with E-state index in [1.807, 2.05) is 24.0 Å².